The van der Waals surface area contributed by atoms with Crippen LogP contribution in [0.25, 0.3) is 5.69 Å². The molecule has 24 heavy (non-hydrogen) atoms. The van der Waals surface area contributed by atoms with Gasteiger partial charge in [-0.25, -0.2) is 9.07 Å². The first-order valence-electron chi connectivity index (χ1n) is 7.05. The summed E-state index contributed by atoms with van der Waals surface area (Å²) in [5, 5.41) is 7.64. The third-order valence-corrected chi connectivity index (χ3v) is 3.92. The summed E-state index contributed by atoms with van der Waals surface area (Å²) in [6.45, 7) is 0. The van der Waals surface area contributed by atoms with Gasteiger partial charge in [0.1, 0.15) is 0 Å². The van der Waals surface area contributed by atoms with Crippen LogP contribution in [0, 0.1) is 5.82 Å². The number of nitrogens with one attached hydrogen (secondary N) is 1. The van der Waals surface area contributed by atoms with Gasteiger partial charge >= 0.3 is 0 Å². The van der Waals surface area contributed by atoms with Gasteiger partial charge in [-0.05, 0) is 42.0 Å². The molecule has 0 radical (unpaired) electrons. The fourth-order valence-corrected chi connectivity index (χ4v) is 2.66. The van der Waals surface area contributed by atoms with Crippen molar-refractivity contribution in [3.8, 4) is 5.69 Å². The summed E-state index contributed by atoms with van der Waals surface area (Å²) in [7, 11) is 0. The van der Waals surface area contributed by atoms with Gasteiger partial charge in [-0.3, -0.25) is 4.79 Å². The smallest absolute Gasteiger partial charge is 0.228 e. The van der Waals surface area contributed by atoms with Crippen molar-refractivity contribution in [1.82, 2.24) is 9.78 Å². The summed E-state index contributed by atoms with van der Waals surface area (Å²) in [4.78, 5) is 12.1. The molecular formula is C17H12Cl2FN3O. The number of hydrogen-bond donors (Lipinski definition) is 1. The summed E-state index contributed by atoms with van der Waals surface area (Å²) in [5.41, 5.74) is 2.02. The Kier molecular flexibility index (Phi) is 4.83. The number of carbonyl (C=O) groups excluding carboxylic acids is 1. The molecule has 0 aliphatic heterocycles. The average Bonchev–Trinajstić information content (AvgIpc) is 2.97. The largest absolute Gasteiger partial charge is 0.326 e. The zero-order valence-corrected chi connectivity index (χ0v) is 13.9. The topological polar surface area (TPSA) is 46.9 Å². The van der Waals surface area contributed by atoms with Crippen molar-refractivity contribution in [2.24, 2.45) is 0 Å². The van der Waals surface area contributed by atoms with Gasteiger partial charge < -0.3 is 5.32 Å². The number of halogens is 3. The maximum atomic E-state index is 13.0. The van der Waals surface area contributed by atoms with E-state index in [1.807, 2.05) is 0 Å². The molecule has 1 aromatic heterocycles. The van der Waals surface area contributed by atoms with Crippen molar-refractivity contribution < 1.29 is 9.18 Å². The molecule has 2 aromatic carbocycles. The Morgan fingerprint density at radius 3 is 2.54 bits per heavy atom. The summed E-state index contributed by atoms with van der Waals surface area (Å²) in [6, 6.07) is 11.9. The van der Waals surface area contributed by atoms with Crippen molar-refractivity contribution in [2.75, 3.05) is 5.32 Å². The second-order valence-electron chi connectivity index (χ2n) is 5.11. The lowest BCUT2D eigenvalue weighted by Crippen LogP contribution is -2.14. The molecule has 0 saturated carbocycles. The molecule has 0 aliphatic carbocycles. The number of amides is 1. The van der Waals surface area contributed by atoms with Gasteiger partial charge in [0.25, 0.3) is 0 Å². The number of anilines is 1. The molecule has 0 bridgehead atoms. The van der Waals surface area contributed by atoms with Gasteiger partial charge in [0, 0.05) is 15.7 Å². The zero-order chi connectivity index (χ0) is 17.1. The van der Waals surface area contributed by atoms with Crippen LogP contribution in [0.1, 0.15) is 5.56 Å². The van der Waals surface area contributed by atoms with E-state index in [1.165, 1.54) is 10.9 Å². The van der Waals surface area contributed by atoms with Gasteiger partial charge in [-0.1, -0.05) is 29.3 Å². The lowest BCUT2D eigenvalue weighted by molar-refractivity contribution is -0.115. The lowest BCUT2D eigenvalue weighted by Gasteiger charge is -2.08. The Hall–Kier alpha value is -2.37. The quantitative estimate of drug-likeness (QED) is 0.741. The first kappa shape index (κ1) is 16.5. The van der Waals surface area contributed by atoms with Crippen LogP contribution in [0.2, 0.25) is 10.0 Å². The fraction of sp³-hybridized carbons (Fsp3) is 0.0588. The Bertz CT molecular complexity index is 878. The number of carbonyl (C=O) groups is 1. The molecule has 0 saturated heterocycles. The third kappa shape index (κ3) is 3.93. The van der Waals surface area contributed by atoms with E-state index in [4.69, 9.17) is 23.2 Å². The van der Waals surface area contributed by atoms with Gasteiger partial charge in [0.2, 0.25) is 5.91 Å². The standard InChI is InChI=1S/C17H12Cl2FN3O/c18-12-2-1-11(16(19)8-12)7-17(24)22-14-3-5-15(6-4-14)23-10-13(20)9-21-23/h1-6,8-10H,7H2,(H,22,24). The van der Waals surface area contributed by atoms with Crippen LogP contribution in [0.5, 0.6) is 0 Å². The normalized spacial score (nSPS) is 10.6. The van der Waals surface area contributed by atoms with Crippen LogP contribution in [-0.4, -0.2) is 15.7 Å². The van der Waals surface area contributed by atoms with Gasteiger partial charge in [-0.2, -0.15) is 5.10 Å². The number of nitrogens with zero attached hydrogens (tertiary/aromatic N) is 2. The highest BCUT2D eigenvalue weighted by Crippen LogP contribution is 2.22. The van der Waals surface area contributed by atoms with Crippen LogP contribution >= 0.6 is 23.2 Å². The number of rotatable bonds is 4. The van der Waals surface area contributed by atoms with E-state index >= 15 is 0 Å². The number of benzene rings is 2. The average molecular weight is 364 g/mol. The second-order valence-corrected chi connectivity index (χ2v) is 5.95. The van der Waals surface area contributed by atoms with Gasteiger partial charge in [-0.15, -0.1) is 0 Å². The van der Waals surface area contributed by atoms with Crippen LogP contribution < -0.4 is 5.32 Å². The summed E-state index contributed by atoms with van der Waals surface area (Å²) < 4.78 is 14.4. The molecule has 7 heteroatoms. The highest BCUT2D eigenvalue weighted by Gasteiger charge is 2.08. The van der Waals surface area contributed by atoms with Crippen molar-refractivity contribution >= 4 is 34.8 Å². The summed E-state index contributed by atoms with van der Waals surface area (Å²) >= 11 is 11.9. The molecular weight excluding hydrogens is 352 g/mol. The monoisotopic (exact) mass is 363 g/mol. The SMILES string of the molecule is O=C(Cc1ccc(Cl)cc1Cl)Nc1ccc(-n2cc(F)cn2)cc1. The lowest BCUT2D eigenvalue weighted by atomic mass is 10.1. The van der Waals surface area contributed by atoms with E-state index in [0.717, 1.165) is 6.20 Å². The van der Waals surface area contributed by atoms with E-state index in [0.29, 0.717) is 27.0 Å². The fourth-order valence-electron chi connectivity index (χ4n) is 2.18. The van der Waals surface area contributed by atoms with E-state index in [9.17, 15) is 9.18 Å². The molecule has 4 nitrogen and oxygen atoms in total. The minimum absolute atomic E-state index is 0.141. The molecule has 1 amide bonds. The van der Waals surface area contributed by atoms with Crippen molar-refractivity contribution in [3.05, 3.63) is 76.3 Å². The molecule has 0 atom stereocenters. The second kappa shape index (κ2) is 7.03. The van der Waals surface area contributed by atoms with Crippen LogP contribution in [-0.2, 0) is 11.2 Å². The molecule has 1 N–H and O–H groups in total. The van der Waals surface area contributed by atoms with Crippen molar-refractivity contribution in [1.29, 1.82) is 0 Å². The summed E-state index contributed by atoms with van der Waals surface area (Å²) in [5.74, 6) is -0.607. The Labute approximate surface area is 147 Å². The maximum Gasteiger partial charge on any atom is 0.228 e. The highest BCUT2D eigenvalue weighted by atomic mass is 35.5. The zero-order valence-electron chi connectivity index (χ0n) is 12.3. The van der Waals surface area contributed by atoms with Crippen LogP contribution in [0.15, 0.2) is 54.9 Å². The first-order chi connectivity index (χ1) is 11.5. The third-order valence-electron chi connectivity index (χ3n) is 3.33. The molecule has 1 heterocycles. The Morgan fingerprint density at radius 1 is 1.17 bits per heavy atom. The Balaban J connectivity index is 1.66. The molecule has 0 fully saturated rings. The maximum absolute atomic E-state index is 13.0. The van der Waals surface area contributed by atoms with Crippen LogP contribution in [0.3, 0.4) is 0 Å². The first-order valence-corrected chi connectivity index (χ1v) is 7.81. The van der Waals surface area contributed by atoms with Crippen LogP contribution in [0.4, 0.5) is 10.1 Å². The minimum atomic E-state index is -0.410. The summed E-state index contributed by atoms with van der Waals surface area (Å²) in [6.07, 6.45) is 2.55. The Morgan fingerprint density at radius 2 is 1.92 bits per heavy atom. The van der Waals surface area contributed by atoms with E-state index in [2.05, 4.69) is 10.4 Å². The van der Waals surface area contributed by atoms with E-state index in [-0.39, 0.29) is 12.3 Å². The molecule has 3 aromatic rings. The van der Waals surface area contributed by atoms with Crippen molar-refractivity contribution in [2.45, 2.75) is 6.42 Å². The van der Waals surface area contributed by atoms with E-state index in [1.54, 1.807) is 42.5 Å². The van der Waals surface area contributed by atoms with E-state index < -0.39 is 5.82 Å². The predicted octanol–water partition coefficient (Wildman–Crippen LogP) is 4.50. The molecule has 122 valence electrons. The minimum Gasteiger partial charge on any atom is -0.326 e. The molecule has 0 spiro atoms. The highest BCUT2D eigenvalue weighted by molar-refractivity contribution is 6.35. The molecule has 0 unspecified atom stereocenters. The number of hydrogen-bond acceptors (Lipinski definition) is 2. The van der Waals surface area contributed by atoms with Crippen molar-refractivity contribution in [3.63, 3.8) is 0 Å². The van der Waals surface area contributed by atoms with Gasteiger partial charge in [0.05, 0.1) is 24.5 Å². The number of aromatic nitrogens is 2. The predicted molar refractivity (Wildman–Crippen MR) is 92.3 cm³/mol. The molecule has 3 rings (SSSR count). The molecule has 0 aliphatic rings. The van der Waals surface area contributed by atoms with Gasteiger partial charge in [0.15, 0.2) is 5.82 Å².